The van der Waals surface area contributed by atoms with Gasteiger partial charge in [0.25, 0.3) is 5.91 Å². The summed E-state index contributed by atoms with van der Waals surface area (Å²) in [6, 6.07) is 4.19. The molecule has 1 rings (SSSR count). The van der Waals surface area contributed by atoms with Crippen molar-refractivity contribution < 1.29 is 27.5 Å². The first-order valence-electron chi connectivity index (χ1n) is 7.10. The van der Waals surface area contributed by atoms with Crippen LogP contribution in [0.25, 0.3) is 0 Å². The maximum Gasteiger partial charge on any atom is 0.411 e. The molecule has 1 aromatic rings. The van der Waals surface area contributed by atoms with Gasteiger partial charge in [-0.3, -0.25) is 9.59 Å². The molecule has 9 heteroatoms. The molecule has 0 aliphatic heterocycles. The Kier molecular flexibility index (Phi) is 7.50. The van der Waals surface area contributed by atoms with E-state index in [1.165, 1.54) is 18.2 Å². The Balaban J connectivity index is 2.58. The molecule has 2 amide bonds. The predicted molar refractivity (Wildman–Crippen MR) is 84.1 cm³/mol. The van der Waals surface area contributed by atoms with Crippen molar-refractivity contribution in [3.05, 3.63) is 28.8 Å². The highest BCUT2D eigenvalue weighted by atomic mass is 35.5. The SMILES string of the molecule is CC(C)CNC(=O)c1ccc(NC(=O)COCC(F)(F)F)cc1Cl. The lowest BCUT2D eigenvalue weighted by atomic mass is 10.1. The lowest BCUT2D eigenvalue weighted by Crippen LogP contribution is -2.27. The lowest BCUT2D eigenvalue weighted by Gasteiger charge is -2.11. The summed E-state index contributed by atoms with van der Waals surface area (Å²) in [4.78, 5) is 23.4. The molecular weight excluding hydrogens is 349 g/mol. The summed E-state index contributed by atoms with van der Waals surface area (Å²) in [5.74, 6) is -0.824. The number of halogens is 4. The van der Waals surface area contributed by atoms with Crippen LogP contribution in [0.3, 0.4) is 0 Å². The Morgan fingerprint density at radius 2 is 1.96 bits per heavy atom. The van der Waals surface area contributed by atoms with Crippen molar-refractivity contribution in [2.45, 2.75) is 20.0 Å². The topological polar surface area (TPSA) is 67.4 Å². The summed E-state index contributed by atoms with van der Waals surface area (Å²) >= 11 is 6.00. The largest absolute Gasteiger partial charge is 0.411 e. The van der Waals surface area contributed by atoms with Gasteiger partial charge in [0.15, 0.2) is 0 Å². The average molecular weight is 367 g/mol. The van der Waals surface area contributed by atoms with Crippen molar-refractivity contribution in [1.82, 2.24) is 5.32 Å². The van der Waals surface area contributed by atoms with Crippen LogP contribution in [0.2, 0.25) is 5.02 Å². The van der Waals surface area contributed by atoms with Crippen LogP contribution in [0.4, 0.5) is 18.9 Å². The zero-order chi connectivity index (χ0) is 18.3. The molecule has 0 saturated carbocycles. The van der Waals surface area contributed by atoms with E-state index in [9.17, 15) is 22.8 Å². The van der Waals surface area contributed by atoms with Crippen LogP contribution in [0.1, 0.15) is 24.2 Å². The Morgan fingerprint density at radius 1 is 1.29 bits per heavy atom. The highest BCUT2D eigenvalue weighted by molar-refractivity contribution is 6.34. The average Bonchev–Trinajstić information content (AvgIpc) is 2.43. The number of rotatable bonds is 7. The van der Waals surface area contributed by atoms with Gasteiger partial charge in [-0.15, -0.1) is 0 Å². The minimum Gasteiger partial charge on any atom is -0.362 e. The second-order valence-corrected chi connectivity index (χ2v) is 5.86. The highest BCUT2D eigenvalue weighted by Gasteiger charge is 2.27. The predicted octanol–water partition coefficient (Wildman–Crippen LogP) is 3.24. The molecule has 1 aromatic carbocycles. The molecule has 0 radical (unpaired) electrons. The van der Waals surface area contributed by atoms with Crippen molar-refractivity contribution in [1.29, 1.82) is 0 Å². The summed E-state index contributed by atoms with van der Waals surface area (Å²) in [6.45, 7) is 2.14. The molecule has 0 atom stereocenters. The van der Waals surface area contributed by atoms with Gasteiger partial charge in [0.2, 0.25) is 5.91 Å². The molecule has 0 saturated heterocycles. The number of carbonyl (C=O) groups is 2. The number of hydrogen-bond donors (Lipinski definition) is 2. The van der Waals surface area contributed by atoms with E-state index >= 15 is 0 Å². The first-order chi connectivity index (χ1) is 11.1. The Hall–Kier alpha value is -1.80. The third kappa shape index (κ3) is 7.65. The van der Waals surface area contributed by atoms with Crippen molar-refractivity contribution in [2.75, 3.05) is 25.1 Å². The number of nitrogens with one attached hydrogen (secondary N) is 2. The zero-order valence-corrected chi connectivity index (χ0v) is 13.9. The summed E-state index contributed by atoms with van der Waals surface area (Å²) in [6.07, 6.45) is -4.49. The van der Waals surface area contributed by atoms with E-state index < -0.39 is 25.3 Å². The smallest absolute Gasteiger partial charge is 0.362 e. The van der Waals surface area contributed by atoms with Crippen LogP contribution in [-0.4, -0.2) is 37.7 Å². The van der Waals surface area contributed by atoms with E-state index in [1.54, 1.807) is 0 Å². The molecule has 2 N–H and O–H groups in total. The molecule has 0 fully saturated rings. The van der Waals surface area contributed by atoms with Gasteiger partial charge in [0.1, 0.15) is 13.2 Å². The van der Waals surface area contributed by atoms with E-state index in [0.717, 1.165) is 0 Å². The summed E-state index contributed by atoms with van der Waals surface area (Å²) in [5, 5.41) is 5.16. The molecule has 134 valence electrons. The molecule has 24 heavy (non-hydrogen) atoms. The van der Waals surface area contributed by atoms with E-state index in [1.807, 2.05) is 13.8 Å². The Morgan fingerprint density at radius 3 is 2.50 bits per heavy atom. The molecule has 5 nitrogen and oxygen atoms in total. The minimum absolute atomic E-state index is 0.116. The number of hydrogen-bond acceptors (Lipinski definition) is 3. The van der Waals surface area contributed by atoms with Crippen LogP contribution in [0.15, 0.2) is 18.2 Å². The van der Waals surface area contributed by atoms with Gasteiger partial charge in [-0.2, -0.15) is 13.2 Å². The van der Waals surface area contributed by atoms with Crippen molar-refractivity contribution in [3.63, 3.8) is 0 Å². The van der Waals surface area contributed by atoms with Crippen molar-refractivity contribution in [3.8, 4) is 0 Å². The summed E-state index contributed by atoms with van der Waals surface area (Å²) < 4.78 is 40.0. The van der Waals surface area contributed by atoms with E-state index in [-0.39, 0.29) is 28.1 Å². The number of amides is 2. The number of alkyl halides is 3. The normalized spacial score (nSPS) is 11.5. The van der Waals surface area contributed by atoms with E-state index in [4.69, 9.17) is 11.6 Å². The highest BCUT2D eigenvalue weighted by Crippen LogP contribution is 2.21. The fourth-order valence-corrected chi connectivity index (χ4v) is 1.89. The number of anilines is 1. The number of carbonyl (C=O) groups excluding carboxylic acids is 2. The molecule has 0 unspecified atom stereocenters. The van der Waals surface area contributed by atoms with E-state index in [0.29, 0.717) is 6.54 Å². The lowest BCUT2D eigenvalue weighted by molar-refractivity contribution is -0.174. The van der Waals surface area contributed by atoms with Gasteiger partial charge in [0.05, 0.1) is 10.6 Å². The Labute approximate surface area is 142 Å². The molecule has 0 aliphatic rings. The first-order valence-corrected chi connectivity index (χ1v) is 7.48. The van der Waals surface area contributed by atoms with Gasteiger partial charge in [0, 0.05) is 12.2 Å². The zero-order valence-electron chi connectivity index (χ0n) is 13.2. The van der Waals surface area contributed by atoms with Gasteiger partial charge in [-0.25, -0.2) is 0 Å². The summed E-state index contributed by atoms with van der Waals surface area (Å²) in [5.41, 5.74) is 0.490. The maximum atomic E-state index is 11.9. The molecule has 0 spiro atoms. The fourth-order valence-electron chi connectivity index (χ4n) is 1.63. The van der Waals surface area contributed by atoms with Crippen molar-refractivity contribution in [2.24, 2.45) is 5.92 Å². The fraction of sp³-hybridized carbons (Fsp3) is 0.467. The monoisotopic (exact) mass is 366 g/mol. The molecule has 0 aliphatic carbocycles. The van der Waals surface area contributed by atoms with Gasteiger partial charge in [-0.1, -0.05) is 25.4 Å². The van der Waals surface area contributed by atoms with Crippen LogP contribution in [0.5, 0.6) is 0 Å². The minimum atomic E-state index is -4.49. The number of benzene rings is 1. The first kappa shape index (κ1) is 20.2. The van der Waals surface area contributed by atoms with Crippen LogP contribution < -0.4 is 10.6 Å². The molecule has 0 bridgehead atoms. The molecule has 0 heterocycles. The number of ether oxygens (including phenoxy) is 1. The van der Waals surface area contributed by atoms with Gasteiger partial charge >= 0.3 is 6.18 Å². The van der Waals surface area contributed by atoms with Crippen LogP contribution >= 0.6 is 11.6 Å². The van der Waals surface area contributed by atoms with Crippen molar-refractivity contribution >= 4 is 29.1 Å². The second-order valence-electron chi connectivity index (χ2n) is 5.45. The van der Waals surface area contributed by atoms with Gasteiger partial charge < -0.3 is 15.4 Å². The summed E-state index contributed by atoms with van der Waals surface area (Å²) in [7, 11) is 0. The molecular formula is C15H18ClF3N2O3. The standard InChI is InChI=1S/C15H18ClF3N2O3/c1-9(2)6-20-14(23)11-4-3-10(5-12(11)16)21-13(22)7-24-8-15(17,18)19/h3-5,9H,6-8H2,1-2H3,(H,20,23)(H,21,22). The third-order valence-corrected chi connectivity index (χ3v) is 2.98. The maximum absolute atomic E-state index is 11.9. The van der Waals surface area contributed by atoms with Gasteiger partial charge in [-0.05, 0) is 24.1 Å². The molecule has 0 aromatic heterocycles. The van der Waals surface area contributed by atoms with Crippen LogP contribution in [0, 0.1) is 5.92 Å². The second kappa shape index (κ2) is 8.89. The Bertz CT molecular complexity index is 592. The van der Waals surface area contributed by atoms with Crippen LogP contribution in [-0.2, 0) is 9.53 Å². The van der Waals surface area contributed by atoms with E-state index in [2.05, 4.69) is 15.4 Å². The quantitative estimate of drug-likeness (QED) is 0.778. The third-order valence-electron chi connectivity index (χ3n) is 2.67.